The van der Waals surface area contributed by atoms with Crippen molar-refractivity contribution in [1.29, 1.82) is 0 Å². The lowest BCUT2D eigenvalue weighted by atomic mass is 10.1. The summed E-state index contributed by atoms with van der Waals surface area (Å²) in [6.07, 6.45) is 0.0744. The Kier molecular flexibility index (Phi) is 2.98. The van der Waals surface area contributed by atoms with Crippen LogP contribution in [0.3, 0.4) is 0 Å². The quantitative estimate of drug-likeness (QED) is 0.849. The van der Waals surface area contributed by atoms with Crippen LogP contribution in [-0.4, -0.2) is 46.3 Å². The lowest BCUT2D eigenvalue weighted by Gasteiger charge is -2.36. The van der Waals surface area contributed by atoms with Crippen molar-refractivity contribution in [2.45, 2.75) is 26.0 Å². The van der Waals surface area contributed by atoms with Gasteiger partial charge in [0.1, 0.15) is 0 Å². The Morgan fingerprint density at radius 3 is 3.05 bits per heavy atom. The average Bonchev–Trinajstić information content (AvgIpc) is 2.84. The number of H-pyrrole nitrogens is 1. The summed E-state index contributed by atoms with van der Waals surface area (Å²) in [5, 5.41) is 7.95. The monoisotopic (exact) mass is 259 g/mol. The van der Waals surface area contributed by atoms with Gasteiger partial charge in [-0.3, -0.25) is 9.89 Å². The number of morpholine rings is 1. The number of ether oxygens (including phenoxy) is 1. The van der Waals surface area contributed by atoms with Crippen molar-refractivity contribution in [2.75, 3.05) is 13.2 Å². The largest absolute Gasteiger partial charge is 0.375 e. The summed E-state index contributed by atoms with van der Waals surface area (Å²) in [6, 6.07) is 7.76. The minimum absolute atomic E-state index is 0.0277. The molecule has 1 N–H and O–H groups in total. The molecule has 0 bridgehead atoms. The molecule has 0 radical (unpaired) electrons. The molecule has 5 heteroatoms. The van der Waals surface area contributed by atoms with Crippen LogP contribution in [0.5, 0.6) is 0 Å². The number of aromatic nitrogens is 2. The molecule has 1 aliphatic rings. The third kappa shape index (κ3) is 2.10. The summed E-state index contributed by atoms with van der Waals surface area (Å²) in [4.78, 5) is 14.5. The Bertz CT molecular complexity index is 608. The Morgan fingerprint density at radius 2 is 2.21 bits per heavy atom. The molecule has 1 aromatic heterocycles. The van der Waals surface area contributed by atoms with Crippen LogP contribution in [0.2, 0.25) is 0 Å². The van der Waals surface area contributed by atoms with E-state index in [2.05, 4.69) is 10.2 Å². The van der Waals surface area contributed by atoms with Crippen LogP contribution >= 0.6 is 0 Å². The summed E-state index contributed by atoms with van der Waals surface area (Å²) in [5.41, 5.74) is 1.39. The highest BCUT2D eigenvalue weighted by Gasteiger charge is 2.30. The summed E-state index contributed by atoms with van der Waals surface area (Å²) < 4.78 is 5.55. The van der Waals surface area contributed by atoms with Crippen LogP contribution in [0.25, 0.3) is 10.9 Å². The van der Waals surface area contributed by atoms with E-state index in [4.69, 9.17) is 4.74 Å². The maximum absolute atomic E-state index is 12.6. The van der Waals surface area contributed by atoms with Crippen molar-refractivity contribution in [3.05, 3.63) is 30.0 Å². The zero-order valence-electron chi connectivity index (χ0n) is 11.1. The molecule has 0 spiro atoms. The van der Waals surface area contributed by atoms with E-state index in [1.165, 1.54) is 0 Å². The molecule has 3 rings (SSSR count). The maximum atomic E-state index is 12.6. The van der Waals surface area contributed by atoms with Crippen LogP contribution in [0.4, 0.5) is 0 Å². The molecule has 1 fully saturated rings. The number of carbonyl (C=O) groups is 1. The fourth-order valence-electron chi connectivity index (χ4n) is 2.45. The topological polar surface area (TPSA) is 58.2 Å². The standard InChI is InChI=1S/C14H17N3O2/c1-9-8-19-10(2)7-17(9)14(18)13-11-5-3-4-6-12(11)15-16-13/h3-6,9-10H,7-8H2,1-2H3,(H,15,16)/t9-,10-/m1/s1. The second kappa shape index (κ2) is 4.66. The third-order valence-electron chi connectivity index (χ3n) is 3.54. The third-order valence-corrected chi connectivity index (χ3v) is 3.54. The van der Waals surface area contributed by atoms with E-state index in [0.717, 1.165) is 10.9 Å². The van der Waals surface area contributed by atoms with Crippen LogP contribution in [0.15, 0.2) is 24.3 Å². The molecular weight excluding hydrogens is 242 g/mol. The van der Waals surface area contributed by atoms with Gasteiger partial charge in [-0.1, -0.05) is 18.2 Å². The first-order chi connectivity index (χ1) is 9.16. The first-order valence-electron chi connectivity index (χ1n) is 6.52. The molecule has 2 aromatic rings. The fourth-order valence-corrected chi connectivity index (χ4v) is 2.45. The van der Waals surface area contributed by atoms with Gasteiger partial charge < -0.3 is 9.64 Å². The normalized spacial score (nSPS) is 23.8. The van der Waals surface area contributed by atoms with E-state index in [9.17, 15) is 4.79 Å². The minimum Gasteiger partial charge on any atom is -0.375 e. The Hall–Kier alpha value is -1.88. The number of hydrogen-bond acceptors (Lipinski definition) is 3. The van der Waals surface area contributed by atoms with Crippen molar-refractivity contribution in [3.63, 3.8) is 0 Å². The van der Waals surface area contributed by atoms with Gasteiger partial charge in [0.25, 0.3) is 5.91 Å². The van der Waals surface area contributed by atoms with Crippen molar-refractivity contribution in [3.8, 4) is 0 Å². The number of para-hydroxylation sites is 1. The summed E-state index contributed by atoms with van der Waals surface area (Å²) in [6.45, 7) is 5.17. The van der Waals surface area contributed by atoms with Gasteiger partial charge >= 0.3 is 0 Å². The van der Waals surface area contributed by atoms with Crippen LogP contribution in [0, 0.1) is 0 Å². The number of nitrogens with zero attached hydrogens (tertiary/aromatic N) is 2. The Labute approximate surface area is 111 Å². The lowest BCUT2D eigenvalue weighted by Crippen LogP contribution is -2.50. The Balaban J connectivity index is 1.95. The van der Waals surface area contributed by atoms with Crippen molar-refractivity contribution >= 4 is 16.8 Å². The molecule has 1 saturated heterocycles. The SMILES string of the molecule is C[C@@H]1CN(C(=O)c2n[nH]c3ccccc23)[C@H](C)CO1. The number of hydrogen-bond donors (Lipinski definition) is 1. The van der Waals surface area contributed by atoms with Crippen LogP contribution in [-0.2, 0) is 4.74 Å². The molecular formula is C14H17N3O2. The van der Waals surface area contributed by atoms with Gasteiger partial charge in [0, 0.05) is 11.9 Å². The molecule has 0 unspecified atom stereocenters. The van der Waals surface area contributed by atoms with Gasteiger partial charge in [0.2, 0.25) is 0 Å². The molecule has 0 aliphatic carbocycles. The maximum Gasteiger partial charge on any atom is 0.275 e. The van der Waals surface area contributed by atoms with E-state index in [0.29, 0.717) is 18.8 Å². The highest BCUT2D eigenvalue weighted by molar-refractivity contribution is 6.04. The minimum atomic E-state index is -0.0277. The molecule has 100 valence electrons. The average molecular weight is 259 g/mol. The number of aromatic amines is 1. The van der Waals surface area contributed by atoms with Crippen LogP contribution in [0.1, 0.15) is 24.3 Å². The second-order valence-corrected chi connectivity index (χ2v) is 5.07. The molecule has 2 heterocycles. The number of benzene rings is 1. The zero-order valence-corrected chi connectivity index (χ0v) is 11.1. The first kappa shape index (κ1) is 12.2. The number of nitrogens with one attached hydrogen (secondary N) is 1. The number of amides is 1. The van der Waals surface area contributed by atoms with Crippen molar-refractivity contribution in [2.24, 2.45) is 0 Å². The van der Waals surface area contributed by atoms with E-state index >= 15 is 0 Å². The zero-order chi connectivity index (χ0) is 13.4. The highest BCUT2D eigenvalue weighted by atomic mass is 16.5. The number of rotatable bonds is 1. The van der Waals surface area contributed by atoms with E-state index < -0.39 is 0 Å². The molecule has 0 saturated carbocycles. The highest BCUT2D eigenvalue weighted by Crippen LogP contribution is 2.20. The fraction of sp³-hybridized carbons (Fsp3) is 0.429. The van der Waals surface area contributed by atoms with Crippen molar-refractivity contribution < 1.29 is 9.53 Å². The molecule has 1 aromatic carbocycles. The van der Waals surface area contributed by atoms with Gasteiger partial charge in [-0.15, -0.1) is 0 Å². The van der Waals surface area contributed by atoms with Gasteiger partial charge in [0.15, 0.2) is 5.69 Å². The summed E-state index contributed by atoms with van der Waals surface area (Å²) >= 11 is 0. The van der Waals surface area contributed by atoms with Crippen LogP contribution < -0.4 is 0 Å². The summed E-state index contributed by atoms with van der Waals surface area (Å²) in [7, 11) is 0. The predicted octanol–water partition coefficient (Wildman–Crippen LogP) is 1.81. The predicted molar refractivity (Wildman–Crippen MR) is 72.0 cm³/mol. The number of fused-ring (bicyclic) bond motifs is 1. The Morgan fingerprint density at radius 1 is 1.42 bits per heavy atom. The van der Waals surface area contributed by atoms with Crippen molar-refractivity contribution in [1.82, 2.24) is 15.1 Å². The van der Waals surface area contributed by atoms with E-state index in [1.54, 1.807) is 0 Å². The first-order valence-corrected chi connectivity index (χ1v) is 6.52. The number of carbonyl (C=O) groups excluding carboxylic acids is 1. The molecule has 1 amide bonds. The molecule has 5 nitrogen and oxygen atoms in total. The summed E-state index contributed by atoms with van der Waals surface area (Å²) in [5.74, 6) is -0.0277. The van der Waals surface area contributed by atoms with Gasteiger partial charge in [-0.05, 0) is 19.9 Å². The van der Waals surface area contributed by atoms with E-state index in [-0.39, 0.29) is 18.1 Å². The smallest absolute Gasteiger partial charge is 0.275 e. The molecule has 1 aliphatic heterocycles. The lowest BCUT2D eigenvalue weighted by molar-refractivity contribution is -0.0388. The van der Waals surface area contributed by atoms with E-state index in [1.807, 2.05) is 43.0 Å². The van der Waals surface area contributed by atoms with Gasteiger partial charge in [-0.2, -0.15) is 5.10 Å². The van der Waals surface area contributed by atoms with Gasteiger partial charge in [0.05, 0.1) is 24.3 Å². The molecule has 2 atom stereocenters. The van der Waals surface area contributed by atoms with Gasteiger partial charge in [-0.25, -0.2) is 0 Å². The molecule has 19 heavy (non-hydrogen) atoms. The second-order valence-electron chi connectivity index (χ2n) is 5.07.